The first-order valence-corrected chi connectivity index (χ1v) is 8.24. The largest absolute Gasteiger partial charge is 0.478 e. The molecule has 1 fully saturated rings. The van der Waals surface area contributed by atoms with E-state index in [0.717, 1.165) is 43.9 Å². The van der Waals surface area contributed by atoms with Crippen LogP contribution in [0.25, 0.3) is 0 Å². The van der Waals surface area contributed by atoms with Gasteiger partial charge in [-0.2, -0.15) is 0 Å². The summed E-state index contributed by atoms with van der Waals surface area (Å²) in [4.78, 5) is 10.6. The fraction of sp³-hybridized carbons (Fsp3) is 0.500. The maximum Gasteiger partial charge on any atom is 0.338 e. The lowest BCUT2D eigenvalue weighted by Gasteiger charge is -2.23. The van der Waals surface area contributed by atoms with Crippen LogP contribution in [0.5, 0.6) is 0 Å². The molecule has 1 aliphatic rings. The number of carboxylic acid groups (broad SMARTS) is 1. The van der Waals surface area contributed by atoms with Crippen LogP contribution in [0.4, 0.5) is 4.39 Å². The summed E-state index contributed by atoms with van der Waals surface area (Å²) >= 11 is 0. The van der Waals surface area contributed by atoms with Crippen molar-refractivity contribution in [2.45, 2.75) is 37.5 Å². The van der Waals surface area contributed by atoms with Gasteiger partial charge in [0.15, 0.2) is 0 Å². The van der Waals surface area contributed by atoms with Crippen molar-refractivity contribution in [2.24, 2.45) is 5.41 Å². The van der Waals surface area contributed by atoms with Crippen LogP contribution in [0, 0.1) is 11.2 Å². The minimum Gasteiger partial charge on any atom is -0.478 e. The molecule has 2 N–H and O–H groups in total. The molecule has 0 aliphatic heterocycles. The van der Waals surface area contributed by atoms with Gasteiger partial charge in [0, 0.05) is 6.54 Å². The highest BCUT2D eigenvalue weighted by Crippen LogP contribution is 2.37. The molecule has 7 heteroatoms. The van der Waals surface area contributed by atoms with Gasteiger partial charge in [0.25, 0.3) is 0 Å². The average molecular weight is 315 g/mol. The van der Waals surface area contributed by atoms with E-state index in [1.54, 1.807) is 0 Å². The molecule has 0 saturated heterocycles. The van der Waals surface area contributed by atoms with E-state index in [9.17, 15) is 17.6 Å². The lowest BCUT2D eigenvalue weighted by atomic mass is 9.89. The summed E-state index contributed by atoms with van der Waals surface area (Å²) in [5.74, 6) is -2.45. The zero-order chi connectivity index (χ0) is 15.7. The van der Waals surface area contributed by atoms with E-state index in [2.05, 4.69) is 4.72 Å². The van der Waals surface area contributed by atoms with Crippen LogP contribution in [0.3, 0.4) is 0 Å². The van der Waals surface area contributed by atoms with Crippen molar-refractivity contribution in [3.05, 3.63) is 29.6 Å². The molecule has 1 aromatic carbocycles. The molecule has 0 aromatic heterocycles. The van der Waals surface area contributed by atoms with Crippen molar-refractivity contribution < 1.29 is 22.7 Å². The first-order chi connectivity index (χ1) is 9.73. The SMILES string of the molecule is CC1(CNS(=O)(=O)c2ccc(F)c(C(=O)O)c2)CCCC1. The fourth-order valence-electron chi connectivity index (χ4n) is 2.59. The normalized spacial score (nSPS) is 17.8. The average Bonchev–Trinajstić information content (AvgIpc) is 2.84. The monoisotopic (exact) mass is 315 g/mol. The third-order valence-electron chi connectivity index (χ3n) is 3.98. The highest BCUT2D eigenvalue weighted by molar-refractivity contribution is 7.89. The van der Waals surface area contributed by atoms with Crippen LogP contribution in [0.15, 0.2) is 23.1 Å². The number of rotatable bonds is 5. The van der Waals surface area contributed by atoms with E-state index >= 15 is 0 Å². The number of hydrogen-bond acceptors (Lipinski definition) is 3. The van der Waals surface area contributed by atoms with Gasteiger partial charge in [-0.25, -0.2) is 22.3 Å². The molecule has 116 valence electrons. The fourth-order valence-corrected chi connectivity index (χ4v) is 3.82. The van der Waals surface area contributed by atoms with Gasteiger partial charge in [0.2, 0.25) is 10.0 Å². The lowest BCUT2D eigenvalue weighted by Crippen LogP contribution is -2.34. The second-order valence-corrected chi connectivity index (χ2v) is 7.56. The Labute approximate surface area is 123 Å². The van der Waals surface area contributed by atoms with Crippen molar-refractivity contribution in [1.82, 2.24) is 4.72 Å². The Hall–Kier alpha value is -1.47. The number of sulfonamides is 1. The van der Waals surface area contributed by atoms with Crippen molar-refractivity contribution in [1.29, 1.82) is 0 Å². The quantitative estimate of drug-likeness (QED) is 0.874. The first kappa shape index (κ1) is 15.9. The number of benzene rings is 1. The zero-order valence-corrected chi connectivity index (χ0v) is 12.5. The molecule has 0 heterocycles. The van der Waals surface area contributed by atoms with Gasteiger partial charge in [-0.15, -0.1) is 0 Å². The third kappa shape index (κ3) is 3.59. The van der Waals surface area contributed by atoms with Crippen LogP contribution in [0.2, 0.25) is 0 Å². The van der Waals surface area contributed by atoms with Crippen molar-refractivity contribution in [2.75, 3.05) is 6.54 Å². The molecule has 0 atom stereocenters. The Bertz CT molecular complexity index is 651. The summed E-state index contributed by atoms with van der Waals surface area (Å²) in [6.07, 6.45) is 4.08. The van der Waals surface area contributed by atoms with Crippen LogP contribution < -0.4 is 4.72 Å². The molecule has 0 radical (unpaired) electrons. The van der Waals surface area contributed by atoms with E-state index in [0.29, 0.717) is 6.54 Å². The van der Waals surface area contributed by atoms with Gasteiger partial charge >= 0.3 is 5.97 Å². The molecule has 2 rings (SSSR count). The molecule has 0 bridgehead atoms. The second-order valence-electron chi connectivity index (χ2n) is 5.79. The molecular formula is C14H18FNO4S. The molecule has 5 nitrogen and oxygen atoms in total. The molecule has 0 unspecified atom stereocenters. The molecule has 21 heavy (non-hydrogen) atoms. The predicted octanol–water partition coefficient (Wildman–Crippen LogP) is 2.38. The Morgan fingerprint density at radius 3 is 2.57 bits per heavy atom. The lowest BCUT2D eigenvalue weighted by molar-refractivity contribution is 0.0691. The first-order valence-electron chi connectivity index (χ1n) is 6.76. The highest BCUT2D eigenvalue weighted by atomic mass is 32.2. The van der Waals surface area contributed by atoms with Gasteiger partial charge in [-0.05, 0) is 36.5 Å². The third-order valence-corrected chi connectivity index (χ3v) is 5.38. The molecule has 0 amide bonds. The van der Waals surface area contributed by atoms with Gasteiger partial charge in [-0.1, -0.05) is 19.8 Å². The number of aromatic carboxylic acids is 1. The zero-order valence-electron chi connectivity index (χ0n) is 11.7. The number of carbonyl (C=O) groups is 1. The Kier molecular flexibility index (Phi) is 4.34. The Balaban J connectivity index is 2.19. The van der Waals surface area contributed by atoms with Gasteiger partial charge in [0.1, 0.15) is 5.82 Å². The van der Waals surface area contributed by atoms with Gasteiger partial charge in [0.05, 0.1) is 10.5 Å². The summed E-state index contributed by atoms with van der Waals surface area (Å²) in [7, 11) is -3.84. The summed E-state index contributed by atoms with van der Waals surface area (Å²) in [6.45, 7) is 2.32. The minimum absolute atomic E-state index is 0.0667. The van der Waals surface area contributed by atoms with Gasteiger partial charge in [-0.3, -0.25) is 0 Å². The summed E-state index contributed by atoms with van der Waals surface area (Å²) in [6, 6.07) is 2.77. The molecular weight excluding hydrogens is 297 g/mol. The van der Waals surface area contributed by atoms with Crippen LogP contribution in [0.1, 0.15) is 43.0 Å². The van der Waals surface area contributed by atoms with Crippen LogP contribution in [-0.4, -0.2) is 26.0 Å². The maximum absolute atomic E-state index is 13.3. The maximum atomic E-state index is 13.3. The molecule has 0 spiro atoms. The topological polar surface area (TPSA) is 83.5 Å². The van der Waals surface area contributed by atoms with Crippen molar-refractivity contribution in [3.8, 4) is 0 Å². The Morgan fingerprint density at radius 2 is 2.00 bits per heavy atom. The van der Waals surface area contributed by atoms with Crippen molar-refractivity contribution in [3.63, 3.8) is 0 Å². The summed E-state index contributed by atoms with van der Waals surface area (Å²) in [5.41, 5.74) is -0.715. The smallest absolute Gasteiger partial charge is 0.338 e. The Morgan fingerprint density at radius 1 is 1.38 bits per heavy atom. The number of nitrogens with one attached hydrogen (secondary N) is 1. The number of hydrogen-bond donors (Lipinski definition) is 2. The molecule has 1 saturated carbocycles. The van der Waals surface area contributed by atoms with E-state index in [1.807, 2.05) is 6.92 Å². The molecule has 1 aliphatic carbocycles. The minimum atomic E-state index is -3.84. The van der Waals surface area contributed by atoms with E-state index in [4.69, 9.17) is 5.11 Å². The van der Waals surface area contributed by atoms with Gasteiger partial charge < -0.3 is 5.11 Å². The summed E-state index contributed by atoms with van der Waals surface area (Å²) in [5, 5.41) is 8.84. The second kappa shape index (κ2) is 5.73. The predicted molar refractivity (Wildman–Crippen MR) is 75.1 cm³/mol. The number of halogens is 1. The van der Waals surface area contributed by atoms with Crippen LogP contribution in [-0.2, 0) is 10.0 Å². The van der Waals surface area contributed by atoms with Crippen LogP contribution >= 0.6 is 0 Å². The number of carboxylic acids is 1. The summed E-state index contributed by atoms with van der Waals surface area (Å²) < 4.78 is 40.2. The van der Waals surface area contributed by atoms with E-state index < -0.39 is 27.4 Å². The van der Waals surface area contributed by atoms with E-state index in [1.165, 1.54) is 0 Å². The standard InChI is InChI=1S/C14H18FNO4S/c1-14(6-2-3-7-14)9-16-21(19,20)10-4-5-12(15)11(8-10)13(17)18/h4-5,8,16H,2-3,6-7,9H2,1H3,(H,17,18). The highest BCUT2D eigenvalue weighted by Gasteiger charge is 2.30. The van der Waals surface area contributed by atoms with E-state index in [-0.39, 0.29) is 10.3 Å². The molecule has 1 aromatic rings. The van der Waals surface area contributed by atoms with Crippen molar-refractivity contribution >= 4 is 16.0 Å².